The van der Waals surface area contributed by atoms with Crippen molar-refractivity contribution in [3.63, 3.8) is 0 Å². The minimum atomic E-state index is -0.541. The summed E-state index contributed by atoms with van der Waals surface area (Å²) in [7, 11) is 5.75. The molecule has 2 N–H and O–H groups in total. The molecule has 0 aliphatic heterocycles. The summed E-state index contributed by atoms with van der Waals surface area (Å²) in [5.41, 5.74) is 5.58. The van der Waals surface area contributed by atoms with Crippen LogP contribution < -0.4 is 5.73 Å². The Kier molecular flexibility index (Phi) is 6.74. The first-order chi connectivity index (χ1) is 9.88. The van der Waals surface area contributed by atoms with E-state index in [1.54, 1.807) is 11.9 Å². The quantitative estimate of drug-likeness (QED) is 0.423. The number of unbranched alkanes of at least 4 members (excludes halogenated alkanes) is 1. The SMILES string of the molecule is CN(C)Cc1ccc(CCCCN(C)C(N)=C[N+](=O)[O-])o1. The molecule has 1 heterocycles. The van der Waals surface area contributed by atoms with Crippen LogP contribution in [0.15, 0.2) is 28.6 Å². The molecular formula is C14H24N4O3. The molecule has 21 heavy (non-hydrogen) atoms. The molecule has 118 valence electrons. The van der Waals surface area contributed by atoms with E-state index in [1.807, 2.05) is 26.2 Å². The van der Waals surface area contributed by atoms with Crippen LogP contribution in [0.25, 0.3) is 0 Å². The largest absolute Gasteiger partial charge is 0.465 e. The summed E-state index contributed by atoms with van der Waals surface area (Å²) in [4.78, 5) is 13.5. The molecule has 0 fully saturated rings. The number of hydrogen-bond acceptors (Lipinski definition) is 6. The lowest BCUT2D eigenvalue weighted by molar-refractivity contribution is -0.404. The van der Waals surface area contributed by atoms with E-state index in [4.69, 9.17) is 10.2 Å². The summed E-state index contributed by atoms with van der Waals surface area (Å²) >= 11 is 0. The highest BCUT2D eigenvalue weighted by Crippen LogP contribution is 2.12. The highest BCUT2D eigenvalue weighted by atomic mass is 16.6. The second-order valence-electron chi connectivity index (χ2n) is 5.32. The van der Waals surface area contributed by atoms with Gasteiger partial charge in [0.25, 0.3) is 6.20 Å². The maximum Gasteiger partial charge on any atom is 0.274 e. The smallest absolute Gasteiger partial charge is 0.274 e. The Hall–Kier alpha value is -2.02. The number of nitro groups is 1. The predicted octanol–water partition coefficient (Wildman–Crippen LogP) is 1.63. The van der Waals surface area contributed by atoms with Crippen LogP contribution in [0, 0.1) is 10.1 Å². The van der Waals surface area contributed by atoms with Gasteiger partial charge in [0.05, 0.1) is 11.5 Å². The molecule has 7 nitrogen and oxygen atoms in total. The first kappa shape index (κ1) is 17.0. The molecule has 0 aliphatic carbocycles. The van der Waals surface area contributed by atoms with E-state index >= 15 is 0 Å². The van der Waals surface area contributed by atoms with Crippen molar-refractivity contribution in [2.75, 3.05) is 27.7 Å². The molecule has 0 amide bonds. The molecule has 7 heteroatoms. The Balaban J connectivity index is 2.28. The van der Waals surface area contributed by atoms with E-state index in [-0.39, 0.29) is 5.82 Å². The molecule has 0 atom stereocenters. The molecule has 0 radical (unpaired) electrons. The van der Waals surface area contributed by atoms with Gasteiger partial charge in [-0.2, -0.15) is 0 Å². The molecule has 1 aromatic heterocycles. The first-order valence-electron chi connectivity index (χ1n) is 6.92. The third-order valence-corrected chi connectivity index (χ3v) is 3.03. The lowest BCUT2D eigenvalue weighted by atomic mass is 10.2. The fourth-order valence-corrected chi connectivity index (χ4v) is 1.94. The van der Waals surface area contributed by atoms with E-state index in [2.05, 4.69) is 4.90 Å². The fraction of sp³-hybridized carbons (Fsp3) is 0.571. The van der Waals surface area contributed by atoms with Gasteiger partial charge in [-0.3, -0.25) is 10.1 Å². The van der Waals surface area contributed by atoms with Gasteiger partial charge < -0.3 is 20.0 Å². The third-order valence-electron chi connectivity index (χ3n) is 3.03. The molecule has 0 bridgehead atoms. The zero-order valence-corrected chi connectivity index (χ0v) is 12.9. The highest BCUT2D eigenvalue weighted by molar-refractivity contribution is 5.07. The standard InChI is InChI=1S/C14H24N4O3/c1-16(2)10-13-8-7-12(21-13)6-4-5-9-17(3)14(15)11-18(19)20/h7-8,11H,4-6,9-10,15H2,1-3H3. The van der Waals surface area contributed by atoms with Crippen LogP contribution in [0.5, 0.6) is 0 Å². The van der Waals surface area contributed by atoms with Crippen molar-refractivity contribution in [2.24, 2.45) is 5.73 Å². The lowest BCUT2D eigenvalue weighted by Crippen LogP contribution is -2.25. The van der Waals surface area contributed by atoms with Gasteiger partial charge in [0.1, 0.15) is 11.5 Å². The molecule has 1 rings (SSSR count). The second kappa shape index (κ2) is 8.31. The lowest BCUT2D eigenvalue weighted by Gasteiger charge is -2.16. The summed E-state index contributed by atoms with van der Waals surface area (Å²) in [6.45, 7) is 1.48. The van der Waals surface area contributed by atoms with E-state index in [1.165, 1.54) is 0 Å². The minimum Gasteiger partial charge on any atom is -0.465 e. The van der Waals surface area contributed by atoms with Gasteiger partial charge in [0.15, 0.2) is 5.82 Å². The molecule has 0 aliphatic rings. The molecule has 0 aromatic carbocycles. The summed E-state index contributed by atoms with van der Waals surface area (Å²) in [6.07, 6.45) is 3.53. The van der Waals surface area contributed by atoms with Crippen molar-refractivity contribution in [1.82, 2.24) is 9.80 Å². The molecule has 0 unspecified atom stereocenters. The van der Waals surface area contributed by atoms with Crippen LogP contribution in [-0.4, -0.2) is 42.4 Å². The monoisotopic (exact) mass is 296 g/mol. The van der Waals surface area contributed by atoms with Crippen LogP contribution in [0.1, 0.15) is 24.4 Å². The number of hydrogen-bond donors (Lipinski definition) is 1. The van der Waals surface area contributed by atoms with Gasteiger partial charge in [-0.1, -0.05) is 0 Å². The van der Waals surface area contributed by atoms with Gasteiger partial charge in [-0.25, -0.2) is 0 Å². The number of nitrogens with two attached hydrogens (primary N) is 1. The average molecular weight is 296 g/mol. The Bertz CT molecular complexity index is 482. The minimum absolute atomic E-state index is 0.172. The van der Waals surface area contributed by atoms with E-state index < -0.39 is 4.92 Å². The molecular weight excluding hydrogens is 272 g/mol. The molecule has 1 aromatic rings. The molecule has 0 spiro atoms. The predicted molar refractivity (Wildman–Crippen MR) is 80.9 cm³/mol. The number of nitrogens with zero attached hydrogens (tertiary/aromatic N) is 3. The van der Waals surface area contributed by atoms with Crippen molar-refractivity contribution < 1.29 is 9.34 Å². The number of rotatable bonds is 9. The van der Waals surface area contributed by atoms with Crippen molar-refractivity contribution in [2.45, 2.75) is 25.8 Å². The zero-order chi connectivity index (χ0) is 15.8. The topological polar surface area (TPSA) is 88.8 Å². The Morgan fingerprint density at radius 1 is 1.33 bits per heavy atom. The maximum absolute atomic E-state index is 10.3. The fourth-order valence-electron chi connectivity index (χ4n) is 1.94. The van der Waals surface area contributed by atoms with Crippen molar-refractivity contribution in [3.8, 4) is 0 Å². The number of aryl methyl sites for hydroxylation is 1. The Labute approximate surface area is 125 Å². The van der Waals surface area contributed by atoms with Crippen LogP contribution in [0.2, 0.25) is 0 Å². The third kappa shape index (κ3) is 6.80. The molecule has 0 saturated carbocycles. The summed E-state index contributed by atoms with van der Waals surface area (Å²) in [5.74, 6) is 2.11. The first-order valence-corrected chi connectivity index (χ1v) is 6.92. The van der Waals surface area contributed by atoms with Crippen LogP contribution in [0.3, 0.4) is 0 Å². The molecule has 0 saturated heterocycles. The second-order valence-corrected chi connectivity index (χ2v) is 5.32. The Morgan fingerprint density at radius 3 is 2.62 bits per heavy atom. The summed E-state index contributed by atoms with van der Waals surface area (Å²) in [5, 5.41) is 10.3. The van der Waals surface area contributed by atoms with Gasteiger partial charge in [-0.05, 0) is 39.1 Å². The summed E-state index contributed by atoms with van der Waals surface area (Å²) < 4.78 is 5.72. The van der Waals surface area contributed by atoms with Crippen LogP contribution >= 0.6 is 0 Å². The highest BCUT2D eigenvalue weighted by Gasteiger charge is 2.06. The zero-order valence-electron chi connectivity index (χ0n) is 12.9. The average Bonchev–Trinajstić information content (AvgIpc) is 2.80. The normalized spacial score (nSPS) is 11.9. The maximum atomic E-state index is 10.3. The van der Waals surface area contributed by atoms with E-state index in [0.717, 1.165) is 43.5 Å². The van der Waals surface area contributed by atoms with Gasteiger partial charge in [0.2, 0.25) is 0 Å². The van der Waals surface area contributed by atoms with Gasteiger partial charge in [0, 0.05) is 20.0 Å². The van der Waals surface area contributed by atoms with Gasteiger partial charge >= 0.3 is 0 Å². The van der Waals surface area contributed by atoms with Crippen molar-refractivity contribution in [1.29, 1.82) is 0 Å². The van der Waals surface area contributed by atoms with Crippen LogP contribution in [0.4, 0.5) is 0 Å². The van der Waals surface area contributed by atoms with E-state index in [9.17, 15) is 10.1 Å². The van der Waals surface area contributed by atoms with E-state index in [0.29, 0.717) is 6.54 Å². The van der Waals surface area contributed by atoms with Crippen molar-refractivity contribution in [3.05, 3.63) is 45.8 Å². The van der Waals surface area contributed by atoms with Gasteiger partial charge in [-0.15, -0.1) is 0 Å². The number of furan rings is 1. The Morgan fingerprint density at radius 2 is 2.00 bits per heavy atom. The van der Waals surface area contributed by atoms with Crippen molar-refractivity contribution >= 4 is 0 Å². The van der Waals surface area contributed by atoms with Crippen LogP contribution in [-0.2, 0) is 13.0 Å². The summed E-state index contributed by atoms with van der Waals surface area (Å²) in [6, 6.07) is 4.00.